The highest BCUT2D eigenvalue weighted by molar-refractivity contribution is 6.37. The smallest absolute Gasteiger partial charge is 0.354 e. The molecule has 6 nitrogen and oxygen atoms in total. The van der Waals surface area contributed by atoms with Crippen molar-refractivity contribution >= 4 is 29.2 Å². The number of carbonyl (C=O) groups excluding carboxylic acids is 2. The first-order chi connectivity index (χ1) is 13.9. The molecule has 0 aromatic heterocycles. The lowest BCUT2D eigenvalue weighted by atomic mass is 9.97. The molecule has 0 saturated carbocycles. The molecule has 1 heterocycles. The van der Waals surface area contributed by atoms with Crippen LogP contribution < -0.4 is 0 Å². The van der Waals surface area contributed by atoms with Gasteiger partial charge in [0.15, 0.2) is 11.4 Å². The van der Waals surface area contributed by atoms with E-state index in [2.05, 4.69) is 5.10 Å². The second-order valence-corrected chi connectivity index (χ2v) is 7.25. The highest BCUT2D eigenvalue weighted by atomic mass is 35.5. The van der Waals surface area contributed by atoms with Gasteiger partial charge in [0.25, 0.3) is 0 Å². The quantitative estimate of drug-likeness (QED) is 0.701. The van der Waals surface area contributed by atoms with E-state index in [1.165, 1.54) is 0 Å². The van der Waals surface area contributed by atoms with Crippen molar-refractivity contribution in [1.82, 2.24) is 5.01 Å². The molecule has 0 saturated heterocycles. The Hall–Kier alpha value is -2.70. The number of hydrogen-bond donors (Lipinski definition) is 1. The van der Waals surface area contributed by atoms with Crippen molar-refractivity contribution < 1.29 is 19.4 Å². The van der Waals surface area contributed by atoms with Gasteiger partial charge in [-0.25, -0.2) is 4.79 Å². The summed E-state index contributed by atoms with van der Waals surface area (Å²) in [5.41, 5.74) is -0.177. The van der Waals surface area contributed by atoms with Crippen molar-refractivity contribution in [2.24, 2.45) is 5.10 Å². The zero-order valence-electron chi connectivity index (χ0n) is 16.2. The van der Waals surface area contributed by atoms with Gasteiger partial charge in [-0.15, -0.1) is 0 Å². The van der Waals surface area contributed by atoms with E-state index in [-0.39, 0.29) is 31.1 Å². The molecule has 0 aliphatic carbocycles. The van der Waals surface area contributed by atoms with Crippen molar-refractivity contribution in [3.63, 3.8) is 0 Å². The fourth-order valence-electron chi connectivity index (χ4n) is 3.27. The number of halogens is 1. The number of hydrazone groups is 1. The fourth-order valence-corrected chi connectivity index (χ4v) is 3.40. The van der Waals surface area contributed by atoms with E-state index in [1.807, 2.05) is 30.3 Å². The minimum atomic E-state index is -1.75. The summed E-state index contributed by atoms with van der Waals surface area (Å²) in [6.45, 7) is 1.87. The molecule has 3 rings (SSSR count). The van der Waals surface area contributed by atoms with Crippen LogP contribution in [0.4, 0.5) is 0 Å². The molecule has 1 aliphatic heterocycles. The molecule has 1 amide bonds. The average molecular weight is 415 g/mol. The maximum Gasteiger partial charge on any atom is 0.354 e. The molecule has 0 bridgehead atoms. The number of nitrogens with zero attached hydrogens (tertiary/aromatic N) is 2. The van der Waals surface area contributed by atoms with Gasteiger partial charge < -0.3 is 9.84 Å². The maximum absolute atomic E-state index is 12.9. The first kappa shape index (κ1) is 21.0. The lowest BCUT2D eigenvalue weighted by Crippen LogP contribution is -2.43. The lowest BCUT2D eigenvalue weighted by molar-refractivity contribution is -0.158. The third-order valence-corrected chi connectivity index (χ3v) is 4.99. The molecule has 2 aromatic rings. The summed E-state index contributed by atoms with van der Waals surface area (Å²) >= 11 is 5.94. The Bertz CT molecular complexity index is 899. The van der Waals surface area contributed by atoms with Crippen LogP contribution in [0.15, 0.2) is 59.7 Å². The van der Waals surface area contributed by atoms with Gasteiger partial charge in [-0.3, -0.25) is 4.79 Å². The van der Waals surface area contributed by atoms with Gasteiger partial charge in [-0.05, 0) is 37.5 Å². The van der Waals surface area contributed by atoms with Crippen molar-refractivity contribution in [1.29, 1.82) is 0 Å². The zero-order chi connectivity index (χ0) is 20.9. The van der Waals surface area contributed by atoms with E-state index in [4.69, 9.17) is 16.3 Å². The number of aryl methyl sites for hydroxylation is 1. The number of esters is 1. The molecular weight excluding hydrogens is 392 g/mol. The van der Waals surface area contributed by atoms with Crippen LogP contribution >= 0.6 is 11.6 Å². The molecule has 1 N–H and O–H groups in total. The first-order valence-corrected chi connectivity index (χ1v) is 9.92. The monoisotopic (exact) mass is 414 g/mol. The van der Waals surface area contributed by atoms with Gasteiger partial charge in [0, 0.05) is 17.0 Å². The molecular formula is C22H23ClN2O4. The molecule has 0 fully saturated rings. The summed E-state index contributed by atoms with van der Waals surface area (Å²) in [6.07, 6.45) is 1.37. The molecule has 1 atom stereocenters. The van der Waals surface area contributed by atoms with Crippen molar-refractivity contribution in [3.05, 3.63) is 70.7 Å². The van der Waals surface area contributed by atoms with Crippen molar-refractivity contribution in [3.8, 4) is 0 Å². The van der Waals surface area contributed by atoms with Gasteiger partial charge >= 0.3 is 5.97 Å². The van der Waals surface area contributed by atoms with Gasteiger partial charge in [-0.1, -0.05) is 54.1 Å². The number of rotatable bonds is 7. The summed E-state index contributed by atoms with van der Waals surface area (Å²) in [5.74, 6) is -1.00. The number of hydrogen-bond acceptors (Lipinski definition) is 5. The molecule has 7 heteroatoms. The van der Waals surface area contributed by atoms with Gasteiger partial charge in [-0.2, -0.15) is 10.1 Å². The lowest BCUT2D eigenvalue weighted by Gasteiger charge is -2.31. The predicted octanol–water partition coefficient (Wildman–Crippen LogP) is 3.66. The topological polar surface area (TPSA) is 79.2 Å². The van der Waals surface area contributed by atoms with E-state index in [9.17, 15) is 14.7 Å². The third-order valence-electron chi connectivity index (χ3n) is 4.74. The first-order valence-electron chi connectivity index (χ1n) is 9.54. The van der Waals surface area contributed by atoms with E-state index in [0.29, 0.717) is 17.0 Å². The molecule has 1 unspecified atom stereocenters. The predicted molar refractivity (Wildman–Crippen MR) is 110 cm³/mol. The third kappa shape index (κ3) is 4.83. The summed E-state index contributed by atoms with van der Waals surface area (Å²) in [7, 11) is 0. The number of aliphatic hydroxyl groups is 1. The number of carbonyl (C=O) groups is 2. The molecule has 0 radical (unpaired) electrons. The van der Waals surface area contributed by atoms with Crippen LogP contribution in [0, 0.1) is 0 Å². The Morgan fingerprint density at radius 1 is 1.17 bits per heavy atom. The Kier molecular flexibility index (Phi) is 6.67. The van der Waals surface area contributed by atoms with Crippen LogP contribution in [0.5, 0.6) is 0 Å². The van der Waals surface area contributed by atoms with Crippen LogP contribution in [0.1, 0.15) is 37.3 Å². The minimum Gasteiger partial charge on any atom is -0.461 e. The van der Waals surface area contributed by atoms with Crippen LogP contribution in [-0.4, -0.2) is 34.3 Å². The van der Waals surface area contributed by atoms with Crippen molar-refractivity contribution in [2.75, 3.05) is 6.61 Å². The standard InChI is InChI=1S/C22H23ClN2O4/c1-2-29-21(27)19-15-22(28,17-11-13-18(23)14-12-17)25(24-19)20(26)10-6-9-16-7-4-3-5-8-16/h3-5,7-8,11-14,28H,2,6,9-10,15H2,1H3. The van der Waals surface area contributed by atoms with Crippen LogP contribution in [-0.2, 0) is 26.5 Å². The normalized spacial score (nSPS) is 18.4. The number of ether oxygens (including phenoxy) is 1. The SMILES string of the molecule is CCOC(=O)C1=NN(C(=O)CCCc2ccccc2)C(O)(c2ccc(Cl)cc2)C1. The van der Waals surface area contributed by atoms with E-state index < -0.39 is 11.7 Å². The fraction of sp³-hybridized carbons (Fsp3) is 0.318. The summed E-state index contributed by atoms with van der Waals surface area (Å²) < 4.78 is 5.00. The molecule has 152 valence electrons. The molecule has 2 aromatic carbocycles. The Morgan fingerprint density at radius 2 is 1.86 bits per heavy atom. The second-order valence-electron chi connectivity index (χ2n) is 6.81. The summed E-state index contributed by atoms with van der Waals surface area (Å²) in [5, 5.41) is 17.0. The van der Waals surface area contributed by atoms with E-state index in [0.717, 1.165) is 17.0 Å². The minimum absolute atomic E-state index is 0.0145. The Labute approximate surface area is 174 Å². The highest BCUT2D eigenvalue weighted by Crippen LogP contribution is 2.36. The number of amides is 1. The van der Waals surface area contributed by atoms with Crippen LogP contribution in [0.25, 0.3) is 0 Å². The molecule has 0 spiro atoms. The average Bonchev–Trinajstić information content (AvgIpc) is 3.08. The van der Waals surface area contributed by atoms with E-state index >= 15 is 0 Å². The van der Waals surface area contributed by atoms with Gasteiger partial charge in [0.1, 0.15) is 0 Å². The number of benzene rings is 2. The second kappa shape index (κ2) is 9.20. The Balaban J connectivity index is 1.78. The highest BCUT2D eigenvalue weighted by Gasteiger charge is 2.47. The summed E-state index contributed by atoms with van der Waals surface area (Å²) in [4.78, 5) is 25.1. The largest absolute Gasteiger partial charge is 0.461 e. The van der Waals surface area contributed by atoms with Crippen LogP contribution in [0.2, 0.25) is 5.02 Å². The van der Waals surface area contributed by atoms with Crippen molar-refractivity contribution in [2.45, 2.75) is 38.3 Å². The molecule has 29 heavy (non-hydrogen) atoms. The van der Waals surface area contributed by atoms with E-state index in [1.54, 1.807) is 31.2 Å². The molecule has 1 aliphatic rings. The Morgan fingerprint density at radius 3 is 2.52 bits per heavy atom. The maximum atomic E-state index is 12.9. The van der Waals surface area contributed by atoms with Crippen LogP contribution in [0.3, 0.4) is 0 Å². The van der Waals surface area contributed by atoms with Gasteiger partial charge in [0.05, 0.1) is 13.0 Å². The zero-order valence-corrected chi connectivity index (χ0v) is 16.9. The summed E-state index contributed by atoms with van der Waals surface area (Å²) in [6, 6.07) is 16.3. The van der Waals surface area contributed by atoms with Gasteiger partial charge in [0.2, 0.25) is 5.91 Å².